The van der Waals surface area contributed by atoms with Gasteiger partial charge in [0.2, 0.25) is 0 Å². The van der Waals surface area contributed by atoms with Crippen molar-refractivity contribution >= 4 is 11.9 Å². The molecular weight excluding hydrogens is 384 g/mol. The lowest BCUT2D eigenvalue weighted by molar-refractivity contribution is -0.519. The van der Waals surface area contributed by atoms with Gasteiger partial charge in [0.25, 0.3) is 0 Å². The average molecular weight is 423 g/mol. The number of carbonyl (C=O) groups excluding carboxylic acids is 2. The maximum Gasteiger partial charge on any atom is 0.371 e. The fourth-order valence-electron chi connectivity index (χ4n) is 3.17. The number of hydrogen-bond donors (Lipinski definition) is 0. The van der Waals surface area contributed by atoms with E-state index in [9.17, 15) is 9.59 Å². The molecule has 0 saturated carbocycles. The van der Waals surface area contributed by atoms with E-state index < -0.39 is 36.4 Å². The van der Waals surface area contributed by atoms with Gasteiger partial charge in [0.1, 0.15) is 24.4 Å². The van der Waals surface area contributed by atoms with Crippen molar-refractivity contribution in [2.45, 2.75) is 93.3 Å². The molecule has 0 N–H and O–H groups in total. The molecule has 0 amide bonds. The number of rotatable bonds is 12. The van der Waals surface area contributed by atoms with E-state index in [1.807, 2.05) is 27.7 Å². The Labute approximate surface area is 174 Å². The Bertz CT molecular complexity index is 467. The molecule has 0 fully saturated rings. The van der Waals surface area contributed by atoms with Crippen molar-refractivity contribution in [2.24, 2.45) is 10.8 Å². The van der Waals surface area contributed by atoms with Crippen molar-refractivity contribution < 1.29 is 44.0 Å². The summed E-state index contributed by atoms with van der Waals surface area (Å²) in [5.74, 6) is -1.74. The highest BCUT2D eigenvalue weighted by Crippen LogP contribution is 2.30. The van der Waals surface area contributed by atoms with Gasteiger partial charge in [-0.3, -0.25) is 9.78 Å². The third-order valence-corrected chi connectivity index (χ3v) is 3.13. The Kier molecular flexibility index (Phi) is 10.7. The Hall–Kier alpha value is -1.26. The Morgan fingerprint density at radius 3 is 1.17 bits per heavy atom. The first-order valence-corrected chi connectivity index (χ1v) is 9.59. The summed E-state index contributed by atoms with van der Waals surface area (Å²) < 4.78 is 4.86. The fourth-order valence-corrected chi connectivity index (χ4v) is 3.17. The molecular formula is C20H38O9. The van der Waals surface area contributed by atoms with Crippen LogP contribution in [0.5, 0.6) is 0 Å². The van der Waals surface area contributed by atoms with Gasteiger partial charge in [-0.1, -0.05) is 41.5 Å². The zero-order valence-electron chi connectivity index (χ0n) is 19.5. The summed E-state index contributed by atoms with van der Waals surface area (Å²) in [7, 11) is 0. The summed E-state index contributed by atoms with van der Waals surface area (Å²) in [4.78, 5) is 42.1. The second kappa shape index (κ2) is 11.2. The fraction of sp³-hybridized carbons (Fsp3) is 0.900. The van der Waals surface area contributed by atoms with Gasteiger partial charge in [-0.2, -0.15) is 9.78 Å². The van der Waals surface area contributed by atoms with Crippen molar-refractivity contribution in [3.05, 3.63) is 0 Å². The van der Waals surface area contributed by atoms with Crippen LogP contribution in [0.15, 0.2) is 0 Å². The summed E-state index contributed by atoms with van der Waals surface area (Å²) in [6, 6.07) is 0. The smallest absolute Gasteiger partial charge is 0.358 e. The highest BCUT2D eigenvalue weighted by Gasteiger charge is 2.29. The van der Waals surface area contributed by atoms with E-state index in [0.29, 0.717) is 12.8 Å². The summed E-state index contributed by atoms with van der Waals surface area (Å²) in [5, 5.41) is 9.03. The molecule has 0 radical (unpaired) electrons. The summed E-state index contributed by atoms with van der Waals surface area (Å²) in [6.07, 6.45) is 1.35. The molecule has 0 aliphatic heterocycles. The molecule has 0 aromatic rings. The zero-order valence-corrected chi connectivity index (χ0v) is 19.5. The monoisotopic (exact) mass is 422 g/mol. The Morgan fingerprint density at radius 1 is 0.586 bits per heavy atom. The summed E-state index contributed by atoms with van der Waals surface area (Å²) in [5.41, 5.74) is -1.29. The van der Waals surface area contributed by atoms with Gasteiger partial charge in [0.15, 0.2) is 0 Å². The topological polar surface area (TPSA) is 98.8 Å². The zero-order chi connectivity index (χ0) is 22.9. The van der Waals surface area contributed by atoms with Gasteiger partial charge in [-0.05, 0) is 61.4 Å². The van der Waals surface area contributed by atoms with Crippen molar-refractivity contribution in [3.63, 3.8) is 0 Å². The molecule has 9 nitrogen and oxygen atoms in total. The normalized spacial score (nSPS) is 13.3. The van der Waals surface area contributed by atoms with Gasteiger partial charge >= 0.3 is 11.9 Å². The molecule has 0 saturated heterocycles. The van der Waals surface area contributed by atoms with Crippen LogP contribution < -0.4 is 0 Å². The van der Waals surface area contributed by atoms with Crippen LogP contribution in [0.25, 0.3) is 0 Å². The van der Waals surface area contributed by atoms with Gasteiger partial charge in [0.05, 0.1) is 0 Å². The van der Waals surface area contributed by atoms with Crippen LogP contribution in [0.4, 0.5) is 0 Å². The largest absolute Gasteiger partial charge is 0.371 e. The molecule has 0 aromatic heterocycles. The molecule has 0 heterocycles. The van der Waals surface area contributed by atoms with Crippen LogP contribution in [0.3, 0.4) is 0 Å². The van der Waals surface area contributed by atoms with E-state index in [1.165, 1.54) is 0 Å². The molecule has 0 aliphatic carbocycles. The van der Waals surface area contributed by atoms with E-state index in [1.54, 1.807) is 0 Å². The molecule has 0 aromatic carbocycles. The molecule has 0 atom stereocenters. The average Bonchev–Trinajstić information content (AvgIpc) is 2.41. The Balaban J connectivity index is 3.95. The lowest BCUT2D eigenvalue weighted by atomic mass is 9.84. The number of hydrogen-bond acceptors (Lipinski definition) is 9. The van der Waals surface area contributed by atoms with E-state index in [2.05, 4.69) is 61.4 Å². The van der Waals surface area contributed by atoms with E-state index in [0.717, 1.165) is 0 Å². The van der Waals surface area contributed by atoms with E-state index in [4.69, 9.17) is 14.5 Å². The summed E-state index contributed by atoms with van der Waals surface area (Å²) in [6.45, 7) is 18.5. The number of ether oxygens (including phenoxy) is 1. The predicted octanol–water partition coefficient (Wildman–Crippen LogP) is 4.25. The minimum absolute atomic E-state index is 0.00802. The first kappa shape index (κ1) is 27.7. The minimum Gasteiger partial charge on any atom is -0.358 e. The molecule has 29 heavy (non-hydrogen) atoms. The molecule has 0 bridgehead atoms. The number of carbonyl (C=O) groups is 2. The van der Waals surface area contributed by atoms with Crippen LogP contribution in [0.1, 0.15) is 82.1 Å². The SMILES string of the molecule is CC(C)(C)CC(C)(C)OOOC(=O)COCC(=O)OOOC(C)(C)CC(C)(C)C. The highest BCUT2D eigenvalue weighted by atomic mass is 17.5. The first-order chi connectivity index (χ1) is 12.9. The Morgan fingerprint density at radius 2 is 0.897 bits per heavy atom. The van der Waals surface area contributed by atoms with Crippen LogP contribution in [0.2, 0.25) is 0 Å². The molecule has 0 spiro atoms. The minimum atomic E-state index is -0.868. The van der Waals surface area contributed by atoms with Crippen molar-refractivity contribution in [2.75, 3.05) is 13.2 Å². The van der Waals surface area contributed by atoms with Gasteiger partial charge in [-0.15, -0.1) is 0 Å². The maximum atomic E-state index is 11.5. The highest BCUT2D eigenvalue weighted by molar-refractivity contribution is 5.72. The third-order valence-electron chi connectivity index (χ3n) is 3.13. The van der Waals surface area contributed by atoms with Gasteiger partial charge < -0.3 is 4.74 Å². The first-order valence-electron chi connectivity index (χ1n) is 9.59. The third kappa shape index (κ3) is 17.3. The van der Waals surface area contributed by atoms with Crippen LogP contribution in [-0.2, 0) is 44.0 Å². The predicted molar refractivity (Wildman–Crippen MR) is 104 cm³/mol. The van der Waals surface area contributed by atoms with Crippen molar-refractivity contribution in [1.29, 1.82) is 0 Å². The van der Waals surface area contributed by atoms with Crippen LogP contribution >= 0.6 is 0 Å². The van der Waals surface area contributed by atoms with Crippen LogP contribution in [-0.4, -0.2) is 36.4 Å². The lowest BCUT2D eigenvalue weighted by Crippen LogP contribution is -2.31. The molecule has 0 aliphatic rings. The van der Waals surface area contributed by atoms with Crippen LogP contribution in [0, 0.1) is 10.8 Å². The van der Waals surface area contributed by atoms with E-state index in [-0.39, 0.29) is 10.8 Å². The second-order valence-electron chi connectivity index (χ2n) is 10.7. The van der Waals surface area contributed by atoms with Crippen molar-refractivity contribution in [3.8, 4) is 0 Å². The quantitative estimate of drug-likeness (QED) is 0.337. The van der Waals surface area contributed by atoms with Crippen molar-refractivity contribution in [1.82, 2.24) is 0 Å². The molecule has 9 heteroatoms. The molecule has 172 valence electrons. The standard InChI is InChI=1S/C20H38O9/c1-17(2,3)13-19(7,8)26-28-24-15(21)11-23-12-16(22)25-29-27-20(9,10)14-18(4,5)6/h11-14H2,1-10H3. The van der Waals surface area contributed by atoms with E-state index >= 15 is 0 Å². The maximum absolute atomic E-state index is 11.5. The molecule has 0 rings (SSSR count). The summed E-state index contributed by atoms with van der Waals surface area (Å²) >= 11 is 0. The van der Waals surface area contributed by atoms with Gasteiger partial charge in [0, 0.05) is 0 Å². The molecule has 0 unspecified atom stereocenters. The lowest BCUT2D eigenvalue weighted by Gasteiger charge is -2.29. The van der Waals surface area contributed by atoms with Gasteiger partial charge in [-0.25, -0.2) is 9.59 Å². The second-order valence-corrected chi connectivity index (χ2v) is 10.7.